The first-order valence-corrected chi connectivity index (χ1v) is 6.97. The maximum atomic E-state index is 11.2. The SMILES string of the molecule is CC[C@H](C(=O)O)N(C1CC1)[C@H]1CCSC1. The van der Waals surface area contributed by atoms with Gasteiger partial charge in [-0.25, -0.2) is 0 Å². The number of nitrogens with zero attached hydrogens (tertiary/aromatic N) is 1. The van der Waals surface area contributed by atoms with Crippen molar-refractivity contribution in [2.45, 2.75) is 50.7 Å². The number of hydrogen-bond acceptors (Lipinski definition) is 3. The third-order valence-electron chi connectivity index (χ3n) is 3.33. The van der Waals surface area contributed by atoms with Gasteiger partial charge in [-0.1, -0.05) is 6.92 Å². The van der Waals surface area contributed by atoms with Crippen LogP contribution in [0.2, 0.25) is 0 Å². The number of rotatable bonds is 5. The highest BCUT2D eigenvalue weighted by atomic mass is 32.2. The van der Waals surface area contributed by atoms with Gasteiger partial charge in [0.2, 0.25) is 0 Å². The van der Waals surface area contributed by atoms with Crippen molar-refractivity contribution in [3.8, 4) is 0 Å². The Labute approximate surface area is 95.2 Å². The Morgan fingerprint density at radius 2 is 2.20 bits per heavy atom. The number of aliphatic carboxylic acids is 1. The molecule has 2 fully saturated rings. The first-order valence-electron chi connectivity index (χ1n) is 5.82. The number of carboxylic acids is 1. The van der Waals surface area contributed by atoms with Crippen molar-refractivity contribution >= 4 is 17.7 Å². The number of thioether (sulfide) groups is 1. The van der Waals surface area contributed by atoms with Crippen LogP contribution >= 0.6 is 11.8 Å². The minimum atomic E-state index is -0.638. The Bertz CT molecular complexity index is 237. The molecular weight excluding hydrogens is 210 g/mol. The summed E-state index contributed by atoms with van der Waals surface area (Å²) in [6.07, 6.45) is 4.30. The maximum absolute atomic E-state index is 11.2. The van der Waals surface area contributed by atoms with Crippen LogP contribution in [0.15, 0.2) is 0 Å². The molecule has 15 heavy (non-hydrogen) atoms. The summed E-state index contributed by atoms with van der Waals surface area (Å²) in [5.41, 5.74) is 0. The van der Waals surface area contributed by atoms with Crippen molar-refractivity contribution in [2.75, 3.05) is 11.5 Å². The predicted octanol–water partition coefficient (Wildman–Crippen LogP) is 1.82. The molecule has 0 aromatic rings. The van der Waals surface area contributed by atoms with Crippen molar-refractivity contribution in [1.29, 1.82) is 0 Å². The van der Waals surface area contributed by atoms with E-state index >= 15 is 0 Å². The summed E-state index contributed by atoms with van der Waals surface area (Å²) < 4.78 is 0. The molecule has 2 rings (SSSR count). The van der Waals surface area contributed by atoms with Gasteiger partial charge < -0.3 is 5.11 Å². The fourth-order valence-electron chi connectivity index (χ4n) is 2.45. The molecule has 1 saturated carbocycles. The van der Waals surface area contributed by atoms with Crippen LogP contribution in [-0.4, -0.2) is 45.6 Å². The normalized spacial score (nSPS) is 28.3. The molecule has 0 aromatic carbocycles. The third kappa shape index (κ3) is 2.48. The molecule has 4 heteroatoms. The van der Waals surface area contributed by atoms with E-state index in [-0.39, 0.29) is 6.04 Å². The Hall–Kier alpha value is -0.220. The lowest BCUT2D eigenvalue weighted by molar-refractivity contribution is -0.144. The lowest BCUT2D eigenvalue weighted by Gasteiger charge is -2.33. The lowest BCUT2D eigenvalue weighted by Crippen LogP contribution is -2.48. The quantitative estimate of drug-likeness (QED) is 0.780. The van der Waals surface area contributed by atoms with Gasteiger partial charge in [0, 0.05) is 17.8 Å². The van der Waals surface area contributed by atoms with Gasteiger partial charge in [0.05, 0.1) is 0 Å². The van der Waals surface area contributed by atoms with Crippen LogP contribution in [-0.2, 0) is 4.79 Å². The van der Waals surface area contributed by atoms with Gasteiger partial charge in [0.1, 0.15) is 6.04 Å². The van der Waals surface area contributed by atoms with E-state index in [4.69, 9.17) is 0 Å². The van der Waals surface area contributed by atoms with E-state index in [1.165, 1.54) is 25.0 Å². The molecule has 86 valence electrons. The predicted molar refractivity (Wildman–Crippen MR) is 62.3 cm³/mol. The number of hydrogen-bond donors (Lipinski definition) is 1. The molecule has 2 aliphatic rings. The van der Waals surface area contributed by atoms with Gasteiger partial charge in [-0.05, 0) is 31.4 Å². The van der Waals surface area contributed by atoms with Crippen LogP contribution in [0.4, 0.5) is 0 Å². The van der Waals surface area contributed by atoms with Gasteiger partial charge in [0.15, 0.2) is 0 Å². The molecule has 0 unspecified atom stereocenters. The van der Waals surface area contributed by atoms with Crippen LogP contribution < -0.4 is 0 Å². The van der Waals surface area contributed by atoms with Crippen LogP contribution in [0.1, 0.15) is 32.6 Å². The zero-order chi connectivity index (χ0) is 10.8. The lowest BCUT2D eigenvalue weighted by atomic mass is 10.1. The molecule has 1 aliphatic heterocycles. The standard InChI is InChI=1S/C11H19NO2S/c1-2-10(11(13)14)12(8-3-4-8)9-5-6-15-7-9/h8-10H,2-7H2,1H3,(H,13,14)/t9-,10+/m0/s1. The van der Waals surface area contributed by atoms with E-state index in [2.05, 4.69) is 4.90 Å². The molecule has 0 bridgehead atoms. The van der Waals surface area contributed by atoms with Crippen molar-refractivity contribution in [3.05, 3.63) is 0 Å². The highest BCUT2D eigenvalue weighted by Crippen LogP contribution is 2.35. The Morgan fingerprint density at radius 1 is 1.47 bits per heavy atom. The van der Waals surface area contributed by atoms with Gasteiger partial charge in [-0.3, -0.25) is 9.69 Å². The topological polar surface area (TPSA) is 40.5 Å². The van der Waals surface area contributed by atoms with E-state index in [0.29, 0.717) is 12.1 Å². The number of carboxylic acid groups (broad SMARTS) is 1. The molecule has 1 saturated heterocycles. The molecule has 2 atom stereocenters. The Morgan fingerprint density at radius 3 is 2.60 bits per heavy atom. The van der Waals surface area contributed by atoms with Crippen molar-refractivity contribution in [2.24, 2.45) is 0 Å². The summed E-state index contributed by atoms with van der Waals surface area (Å²) in [7, 11) is 0. The van der Waals surface area contributed by atoms with Gasteiger partial charge in [-0.15, -0.1) is 0 Å². The summed E-state index contributed by atoms with van der Waals surface area (Å²) in [5, 5.41) is 9.23. The highest BCUT2D eigenvalue weighted by Gasteiger charge is 2.41. The Kier molecular flexibility index (Phi) is 3.57. The minimum Gasteiger partial charge on any atom is -0.480 e. The molecule has 3 nitrogen and oxygen atoms in total. The summed E-state index contributed by atoms with van der Waals surface area (Å²) in [4.78, 5) is 13.5. The van der Waals surface area contributed by atoms with E-state index in [1.807, 2.05) is 18.7 Å². The molecule has 0 spiro atoms. The van der Waals surface area contributed by atoms with Crippen molar-refractivity contribution in [1.82, 2.24) is 4.90 Å². The average Bonchev–Trinajstić information content (AvgIpc) is 2.88. The first-order chi connectivity index (χ1) is 7.24. The van der Waals surface area contributed by atoms with Crippen molar-refractivity contribution in [3.63, 3.8) is 0 Å². The second kappa shape index (κ2) is 4.74. The zero-order valence-corrected chi connectivity index (χ0v) is 10.0. The summed E-state index contributed by atoms with van der Waals surface area (Å²) >= 11 is 1.96. The summed E-state index contributed by atoms with van der Waals surface area (Å²) in [5.74, 6) is 1.69. The van der Waals surface area contributed by atoms with Crippen molar-refractivity contribution < 1.29 is 9.90 Å². The molecule has 1 N–H and O–H groups in total. The monoisotopic (exact) mass is 229 g/mol. The van der Waals surface area contributed by atoms with E-state index < -0.39 is 5.97 Å². The van der Waals surface area contributed by atoms with Crippen LogP contribution in [0.25, 0.3) is 0 Å². The van der Waals surface area contributed by atoms with Gasteiger partial charge >= 0.3 is 5.97 Å². The molecular formula is C11H19NO2S. The molecule has 1 heterocycles. The summed E-state index contributed by atoms with van der Waals surface area (Å²) in [6, 6.07) is 0.833. The fraction of sp³-hybridized carbons (Fsp3) is 0.909. The van der Waals surface area contributed by atoms with Crippen LogP contribution in [0, 0.1) is 0 Å². The maximum Gasteiger partial charge on any atom is 0.320 e. The zero-order valence-electron chi connectivity index (χ0n) is 9.19. The minimum absolute atomic E-state index is 0.249. The molecule has 0 radical (unpaired) electrons. The van der Waals surface area contributed by atoms with E-state index in [0.717, 1.165) is 12.2 Å². The van der Waals surface area contributed by atoms with Gasteiger partial charge in [-0.2, -0.15) is 11.8 Å². The van der Waals surface area contributed by atoms with Gasteiger partial charge in [0.25, 0.3) is 0 Å². The molecule has 0 amide bonds. The third-order valence-corrected chi connectivity index (χ3v) is 4.47. The fourth-order valence-corrected chi connectivity index (χ4v) is 3.67. The largest absolute Gasteiger partial charge is 0.480 e. The second-order valence-electron chi connectivity index (χ2n) is 4.46. The average molecular weight is 229 g/mol. The highest BCUT2D eigenvalue weighted by molar-refractivity contribution is 7.99. The Balaban J connectivity index is 2.06. The second-order valence-corrected chi connectivity index (χ2v) is 5.61. The smallest absolute Gasteiger partial charge is 0.320 e. The van der Waals surface area contributed by atoms with E-state index in [9.17, 15) is 9.90 Å². The van der Waals surface area contributed by atoms with Crippen LogP contribution in [0.5, 0.6) is 0 Å². The molecule has 0 aromatic heterocycles. The summed E-state index contributed by atoms with van der Waals surface area (Å²) in [6.45, 7) is 1.98. The number of carbonyl (C=O) groups is 1. The van der Waals surface area contributed by atoms with Crippen LogP contribution in [0.3, 0.4) is 0 Å². The molecule has 1 aliphatic carbocycles. The first kappa shape index (κ1) is 11.3. The van der Waals surface area contributed by atoms with E-state index in [1.54, 1.807) is 0 Å².